The van der Waals surface area contributed by atoms with Crippen LogP contribution in [-0.2, 0) is 10.1 Å². The van der Waals surface area contributed by atoms with E-state index in [9.17, 15) is 13.3 Å². The molecule has 1 rings (SSSR count). The Kier molecular flexibility index (Phi) is 3.93. The Labute approximate surface area is 92.4 Å². The van der Waals surface area contributed by atoms with E-state index in [0.717, 1.165) is 6.07 Å². The van der Waals surface area contributed by atoms with E-state index < -0.39 is 15.0 Å². The summed E-state index contributed by atoms with van der Waals surface area (Å²) in [6, 6.07) is 3.66. The number of nitroso groups, excluding NO2 is 1. The van der Waals surface area contributed by atoms with Crippen molar-refractivity contribution >= 4 is 21.5 Å². The summed E-state index contributed by atoms with van der Waals surface area (Å²) < 4.78 is 31.0. The van der Waals surface area contributed by atoms with Crippen LogP contribution < -0.4 is 11.1 Å². The third kappa shape index (κ3) is 2.99. The van der Waals surface area contributed by atoms with E-state index in [1.54, 1.807) is 0 Å². The Morgan fingerprint density at radius 2 is 2.12 bits per heavy atom. The van der Waals surface area contributed by atoms with E-state index in [1.807, 2.05) is 0 Å². The molecule has 0 radical (unpaired) electrons. The molecule has 1 aromatic carbocycles. The normalized spacial score (nSPS) is 11.1. The van der Waals surface area contributed by atoms with E-state index >= 15 is 0 Å². The Bertz CT molecular complexity index is 486. The molecule has 0 bridgehead atoms. The van der Waals surface area contributed by atoms with E-state index in [1.165, 1.54) is 12.1 Å². The van der Waals surface area contributed by atoms with Crippen molar-refractivity contribution in [2.24, 2.45) is 10.9 Å². The molecule has 16 heavy (non-hydrogen) atoms. The molecule has 0 aliphatic rings. The predicted octanol–water partition coefficient (Wildman–Crippen LogP) is 0.702. The van der Waals surface area contributed by atoms with Crippen LogP contribution >= 0.6 is 0 Å². The summed E-state index contributed by atoms with van der Waals surface area (Å²) in [5.41, 5.74) is 5.35. The average Bonchev–Trinajstić information content (AvgIpc) is 2.25. The van der Waals surface area contributed by atoms with Gasteiger partial charge in [0, 0.05) is 13.1 Å². The number of rotatable bonds is 5. The van der Waals surface area contributed by atoms with Gasteiger partial charge in [0.2, 0.25) is 0 Å². The zero-order chi connectivity index (χ0) is 12.2. The number of anilines is 1. The van der Waals surface area contributed by atoms with Crippen molar-refractivity contribution in [1.29, 1.82) is 0 Å². The van der Waals surface area contributed by atoms with Crippen molar-refractivity contribution < 1.29 is 13.0 Å². The number of hydrogen-bond acceptors (Lipinski definition) is 6. The fraction of sp³-hybridized carbons (Fsp3) is 0.250. The van der Waals surface area contributed by atoms with Crippen LogP contribution in [0.5, 0.6) is 0 Å². The molecule has 0 aliphatic carbocycles. The van der Waals surface area contributed by atoms with Gasteiger partial charge in [0.1, 0.15) is 10.6 Å². The summed E-state index contributed by atoms with van der Waals surface area (Å²) in [5, 5.41) is 5.30. The van der Waals surface area contributed by atoms with Crippen LogP contribution in [0.2, 0.25) is 0 Å². The molecule has 0 aromatic heterocycles. The molecule has 0 amide bonds. The zero-order valence-corrected chi connectivity index (χ0v) is 9.07. The maximum atomic E-state index is 11.0. The standard InChI is InChI=1S/C8H11N3O4S/c9-3-4-10-7-2-1-6(11-12)5-8(7)16(13,14)15/h1-2,5,10H,3-4,9H2,(H,13,14,15). The largest absolute Gasteiger partial charge is 0.383 e. The predicted molar refractivity (Wildman–Crippen MR) is 59.3 cm³/mol. The molecule has 0 unspecified atom stereocenters. The lowest BCUT2D eigenvalue weighted by Gasteiger charge is -2.09. The summed E-state index contributed by atoms with van der Waals surface area (Å²) in [6.07, 6.45) is 0. The second-order valence-electron chi connectivity index (χ2n) is 2.96. The van der Waals surface area contributed by atoms with Crippen LogP contribution in [-0.4, -0.2) is 26.1 Å². The van der Waals surface area contributed by atoms with Gasteiger partial charge in [0.05, 0.1) is 5.69 Å². The number of nitrogens with two attached hydrogens (primary N) is 1. The Morgan fingerprint density at radius 1 is 1.44 bits per heavy atom. The Morgan fingerprint density at radius 3 is 2.62 bits per heavy atom. The molecule has 0 saturated carbocycles. The van der Waals surface area contributed by atoms with Crippen molar-refractivity contribution in [3.8, 4) is 0 Å². The molecule has 4 N–H and O–H groups in total. The number of benzene rings is 1. The first-order valence-electron chi connectivity index (χ1n) is 4.38. The first kappa shape index (κ1) is 12.6. The SMILES string of the molecule is NCCNc1ccc(N=O)cc1S(=O)(=O)O. The molecule has 0 saturated heterocycles. The van der Waals surface area contributed by atoms with Crippen LogP contribution in [0.1, 0.15) is 0 Å². The van der Waals surface area contributed by atoms with E-state index in [4.69, 9.17) is 10.3 Å². The van der Waals surface area contributed by atoms with Gasteiger partial charge in [0.15, 0.2) is 0 Å². The molecular formula is C8H11N3O4S. The van der Waals surface area contributed by atoms with Crippen molar-refractivity contribution in [2.45, 2.75) is 4.90 Å². The fourth-order valence-electron chi connectivity index (χ4n) is 1.13. The molecule has 0 spiro atoms. The first-order valence-corrected chi connectivity index (χ1v) is 5.82. The van der Waals surface area contributed by atoms with Crippen LogP contribution in [0.3, 0.4) is 0 Å². The number of hydrogen-bond donors (Lipinski definition) is 3. The zero-order valence-electron chi connectivity index (χ0n) is 8.25. The Hall–Kier alpha value is -1.51. The average molecular weight is 245 g/mol. The molecule has 88 valence electrons. The van der Waals surface area contributed by atoms with Gasteiger partial charge in [-0.25, -0.2) is 0 Å². The summed E-state index contributed by atoms with van der Waals surface area (Å²) in [5.74, 6) is 0. The fourth-order valence-corrected chi connectivity index (χ4v) is 1.82. The highest BCUT2D eigenvalue weighted by molar-refractivity contribution is 7.86. The minimum Gasteiger partial charge on any atom is -0.383 e. The molecule has 0 heterocycles. The smallest absolute Gasteiger partial charge is 0.296 e. The molecule has 8 heteroatoms. The molecular weight excluding hydrogens is 234 g/mol. The highest BCUT2D eigenvalue weighted by Gasteiger charge is 2.16. The van der Waals surface area contributed by atoms with Gasteiger partial charge in [0.25, 0.3) is 10.1 Å². The maximum Gasteiger partial charge on any atom is 0.296 e. The van der Waals surface area contributed by atoms with Gasteiger partial charge in [-0.2, -0.15) is 8.42 Å². The van der Waals surface area contributed by atoms with Crippen LogP contribution in [0.4, 0.5) is 11.4 Å². The Balaban J connectivity index is 3.22. The summed E-state index contributed by atoms with van der Waals surface area (Å²) >= 11 is 0. The molecule has 0 aliphatic heterocycles. The quantitative estimate of drug-likeness (QED) is 0.518. The number of nitrogens with zero attached hydrogens (tertiary/aromatic N) is 1. The number of nitrogens with one attached hydrogen (secondary N) is 1. The topological polar surface area (TPSA) is 122 Å². The van der Waals surface area contributed by atoms with Crippen LogP contribution in [0.25, 0.3) is 0 Å². The summed E-state index contributed by atoms with van der Waals surface area (Å²) in [6.45, 7) is 0.648. The monoisotopic (exact) mass is 245 g/mol. The third-order valence-corrected chi connectivity index (χ3v) is 2.70. The minimum absolute atomic E-state index is 0.0778. The van der Waals surface area contributed by atoms with Gasteiger partial charge in [-0.15, -0.1) is 4.91 Å². The van der Waals surface area contributed by atoms with E-state index in [-0.39, 0.29) is 11.4 Å². The van der Waals surface area contributed by atoms with Gasteiger partial charge in [-0.05, 0) is 23.4 Å². The second kappa shape index (κ2) is 5.01. The molecule has 0 fully saturated rings. The van der Waals surface area contributed by atoms with Crippen molar-refractivity contribution in [3.05, 3.63) is 23.1 Å². The first-order chi connectivity index (χ1) is 7.49. The molecule has 7 nitrogen and oxygen atoms in total. The highest BCUT2D eigenvalue weighted by Crippen LogP contribution is 2.26. The van der Waals surface area contributed by atoms with E-state index in [0.29, 0.717) is 13.1 Å². The lowest BCUT2D eigenvalue weighted by Crippen LogP contribution is -2.15. The van der Waals surface area contributed by atoms with E-state index in [2.05, 4.69) is 10.5 Å². The van der Waals surface area contributed by atoms with Gasteiger partial charge < -0.3 is 11.1 Å². The van der Waals surface area contributed by atoms with Crippen molar-refractivity contribution in [1.82, 2.24) is 0 Å². The second-order valence-corrected chi connectivity index (χ2v) is 4.35. The van der Waals surface area contributed by atoms with Gasteiger partial charge in [-0.3, -0.25) is 4.55 Å². The minimum atomic E-state index is -4.40. The van der Waals surface area contributed by atoms with Crippen LogP contribution in [0.15, 0.2) is 28.3 Å². The molecule has 1 aromatic rings. The maximum absolute atomic E-state index is 11.0. The lowest BCUT2D eigenvalue weighted by molar-refractivity contribution is 0.483. The van der Waals surface area contributed by atoms with Gasteiger partial charge >= 0.3 is 0 Å². The lowest BCUT2D eigenvalue weighted by atomic mass is 10.3. The van der Waals surface area contributed by atoms with Crippen molar-refractivity contribution in [2.75, 3.05) is 18.4 Å². The third-order valence-electron chi connectivity index (χ3n) is 1.81. The van der Waals surface area contributed by atoms with Gasteiger partial charge in [-0.1, -0.05) is 0 Å². The summed E-state index contributed by atoms with van der Waals surface area (Å²) in [4.78, 5) is 9.85. The van der Waals surface area contributed by atoms with Crippen molar-refractivity contribution in [3.63, 3.8) is 0 Å². The highest BCUT2D eigenvalue weighted by atomic mass is 32.2. The van der Waals surface area contributed by atoms with Crippen LogP contribution in [0, 0.1) is 4.91 Å². The molecule has 0 atom stereocenters. The summed E-state index contributed by atoms with van der Waals surface area (Å²) in [7, 11) is -4.40.